The van der Waals surface area contributed by atoms with Crippen molar-refractivity contribution < 1.29 is 27.3 Å². The molecule has 0 radical (unpaired) electrons. The number of amides is 2. The molecule has 198 valence electrons. The highest BCUT2D eigenvalue weighted by Gasteiger charge is 2.38. The molecule has 0 spiro atoms. The van der Waals surface area contributed by atoms with Crippen molar-refractivity contribution in [2.45, 2.75) is 83.1 Å². The van der Waals surface area contributed by atoms with Crippen LogP contribution in [0.1, 0.15) is 86.4 Å². The van der Waals surface area contributed by atoms with E-state index in [0.717, 1.165) is 31.0 Å². The van der Waals surface area contributed by atoms with Gasteiger partial charge in [-0.1, -0.05) is 25.1 Å². The highest BCUT2D eigenvalue weighted by atomic mass is 19.4. The first-order valence-electron chi connectivity index (χ1n) is 12.2. The zero-order valence-corrected chi connectivity index (χ0v) is 21.2. The van der Waals surface area contributed by atoms with Crippen molar-refractivity contribution in [3.05, 3.63) is 47.1 Å². The van der Waals surface area contributed by atoms with Crippen molar-refractivity contribution in [2.24, 2.45) is 0 Å². The zero-order chi connectivity index (χ0) is 26.6. The third-order valence-corrected chi connectivity index (χ3v) is 6.71. The van der Waals surface area contributed by atoms with E-state index in [-0.39, 0.29) is 36.0 Å². The van der Waals surface area contributed by atoms with Crippen LogP contribution in [-0.4, -0.2) is 58.6 Å². The topological polar surface area (TPSA) is 100 Å². The van der Waals surface area contributed by atoms with E-state index < -0.39 is 23.6 Å². The molecule has 1 saturated carbocycles. The molecule has 1 aliphatic carbocycles. The minimum Gasteiger partial charge on any atom is -0.351 e. The van der Waals surface area contributed by atoms with E-state index in [9.17, 15) is 22.8 Å². The minimum absolute atomic E-state index is 0.0966. The predicted octanol–water partition coefficient (Wildman–Crippen LogP) is 4.10. The number of alkyl halides is 3. The van der Waals surface area contributed by atoms with Crippen molar-refractivity contribution in [2.75, 3.05) is 13.6 Å². The molecule has 0 unspecified atom stereocenters. The fourth-order valence-electron chi connectivity index (χ4n) is 4.38. The molecule has 1 aromatic carbocycles. The number of halogens is 3. The van der Waals surface area contributed by atoms with Gasteiger partial charge >= 0.3 is 6.18 Å². The van der Waals surface area contributed by atoms with E-state index in [4.69, 9.17) is 4.52 Å². The van der Waals surface area contributed by atoms with Crippen molar-refractivity contribution >= 4 is 11.8 Å². The first-order chi connectivity index (χ1) is 16.9. The van der Waals surface area contributed by atoms with Crippen LogP contribution in [0.4, 0.5) is 13.2 Å². The van der Waals surface area contributed by atoms with Gasteiger partial charge < -0.3 is 20.1 Å². The summed E-state index contributed by atoms with van der Waals surface area (Å²) in [7, 11) is 2.07. The van der Waals surface area contributed by atoms with Crippen LogP contribution >= 0.6 is 0 Å². The highest BCUT2D eigenvalue weighted by Crippen LogP contribution is 2.35. The second-order valence-electron chi connectivity index (χ2n) is 9.91. The number of nitrogens with zero attached hydrogens (tertiary/aromatic N) is 3. The second-order valence-corrected chi connectivity index (χ2v) is 9.91. The summed E-state index contributed by atoms with van der Waals surface area (Å²) in [4.78, 5) is 31.9. The number of carbonyl (C=O) groups is 2. The Morgan fingerprint density at radius 3 is 2.53 bits per heavy atom. The van der Waals surface area contributed by atoms with Crippen molar-refractivity contribution in [3.8, 4) is 0 Å². The number of carbonyl (C=O) groups excluding carboxylic acids is 2. The lowest BCUT2D eigenvalue weighted by Gasteiger charge is -2.40. The molecule has 3 atom stereocenters. The Labute approximate surface area is 209 Å². The molecule has 2 aromatic rings. The minimum atomic E-state index is -4.56. The summed E-state index contributed by atoms with van der Waals surface area (Å²) in [6.45, 7) is 7.82. The molecule has 0 aliphatic heterocycles. The molecular weight excluding hydrogens is 475 g/mol. The Balaban J connectivity index is 1.66. The quantitative estimate of drug-likeness (QED) is 0.556. The lowest BCUT2D eigenvalue weighted by molar-refractivity contribution is -0.137. The molecule has 2 amide bonds. The Morgan fingerprint density at radius 1 is 1.19 bits per heavy atom. The van der Waals surface area contributed by atoms with Gasteiger partial charge in [0.1, 0.15) is 0 Å². The fourth-order valence-corrected chi connectivity index (χ4v) is 4.38. The van der Waals surface area contributed by atoms with Gasteiger partial charge in [0.05, 0.1) is 18.0 Å². The predicted molar refractivity (Wildman–Crippen MR) is 127 cm³/mol. The summed E-state index contributed by atoms with van der Waals surface area (Å²) in [5, 5.41) is 9.44. The maximum atomic E-state index is 12.9. The largest absolute Gasteiger partial charge is 0.416 e. The lowest BCUT2D eigenvalue weighted by Crippen LogP contribution is -2.50. The van der Waals surface area contributed by atoms with Crippen LogP contribution in [0.3, 0.4) is 0 Å². The van der Waals surface area contributed by atoms with E-state index in [1.54, 1.807) is 0 Å². The molecule has 1 aliphatic rings. The van der Waals surface area contributed by atoms with Crippen molar-refractivity contribution in [3.63, 3.8) is 0 Å². The molecule has 11 heteroatoms. The summed E-state index contributed by atoms with van der Waals surface area (Å²) in [5.74, 6) is -0.229. The van der Waals surface area contributed by atoms with Gasteiger partial charge in [-0.3, -0.25) is 9.59 Å². The van der Waals surface area contributed by atoms with E-state index in [1.165, 1.54) is 6.07 Å². The summed E-state index contributed by atoms with van der Waals surface area (Å²) >= 11 is 0. The number of aromatic nitrogens is 2. The van der Waals surface area contributed by atoms with Crippen molar-refractivity contribution in [1.82, 2.24) is 25.7 Å². The van der Waals surface area contributed by atoms with Crippen LogP contribution < -0.4 is 10.6 Å². The SMILES string of the molecule is CC(C)c1noc([C@@H]2C[C@H](N(C)C(C)C)CC[C@@H]2NC(=O)CNC(=O)c2cccc(C(F)(F)F)c2)n1. The lowest BCUT2D eigenvalue weighted by atomic mass is 9.80. The molecule has 36 heavy (non-hydrogen) atoms. The zero-order valence-electron chi connectivity index (χ0n) is 21.2. The maximum absolute atomic E-state index is 12.9. The standard InChI is InChI=1S/C25H34F3N5O3/c1-14(2)22-31-24(36-32-22)19-12-18(33(5)15(3)4)9-10-20(19)30-21(34)13-29-23(35)16-7-6-8-17(11-16)25(26,27)28/h6-8,11,14-15,18-20H,9-10,12-13H2,1-5H3,(H,29,35)(H,30,34)/t18-,19-,20+/m1/s1. The summed E-state index contributed by atoms with van der Waals surface area (Å²) in [6.07, 6.45) is -2.30. The normalized spacial score (nSPS) is 20.7. The van der Waals surface area contributed by atoms with Crippen LogP contribution in [-0.2, 0) is 11.0 Å². The smallest absolute Gasteiger partial charge is 0.351 e. The monoisotopic (exact) mass is 509 g/mol. The molecule has 8 nitrogen and oxygen atoms in total. The van der Waals surface area contributed by atoms with Gasteiger partial charge in [0.15, 0.2) is 5.82 Å². The highest BCUT2D eigenvalue weighted by molar-refractivity contribution is 5.96. The van der Waals surface area contributed by atoms with Gasteiger partial charge in [-0.15, -0.1) is 0 Å². The van der Waals surface area contributed by atoms with Crippen LogP contribution in [0.5, 0.6) is 0 Å². The molecule has 2 N–H and O–H groups in total. The third kappa shape index (κ3) is 6.83. The average molecular weight is 510 g/mol. The molecule has 0 bridgehead atoms. The second kappa shape index (κ2) is 11.4. The van der Waals surface area contributed by atoms with Gasteiger partial charge in [0.2, 0.25) is 11.8 Å². The average Bonchev–Trinajstić information content (AvgIpc) is 3.32. The maximum Gasteiger partial charge on any atom is 0.416 e. The summed E-state index contributed by atoms with van der Waals surface area (Å²) in [6, 6.07) is 4.43. The third-order valence-electron chi connectivity index (χ3n) is 6.71. The van der Waals surface area contributed by atoms with E-state index in [0.29, 0.717) is 24.2 Å². The molecular formula is C25H34F3N5O3. The number of hydrogen-bond donors (Lipinski definition) is 2. The van der Waals surface area contributed by atoms with Gasteiger partial charge in [-0.25, -0.2) is 0 Å². The van der Waals surface area contributed by atoms with Gasteiger partial charge in [0, 0.05) is 29.6 Å². The summed E-state index contributed by atoms with van der Waals surface area (Å²) < 4.78 is 44.4. The summed E-state index contributed by atoms with van der Waals surface area (Å²) in [5.41, 5.74) is -1.09. The van der Waals surface area contributed by atoms with Crippen LogP contribution in [0.2, 0.25) is 0 Å². The molecule has 1 aromatic heterocycles. The first kappa shape index (κ1) is 27.6. The fraction of sp³-hybridized carbons (Fsp3) is 0.600. The molecule has 0 saturated heterocycles. The Morgan fingerprint density at radius 2 is 1.92 bits per heavy atom. The molecule has 1 fully saturated rings. The van der Waals surface area contributed by atoms with Crippen molar-refractivity contribution in [1.29, 1.82) is 0 Å². The van der Waals surface area contributed by atoms with E-state index in [1.807, 2.05) is 13.8 Å². The number of hydrogen-bond acceptors (Lipinski definition) is 6. The number of nitrogens with one attached hydrogen (secondary N) is 2. The van der Waals surface area contributed by atoms with Crippen LogP contribution in [0, 0.1) is 0 Å². The Kier molecular flexibility index (Phi) is 8.76. The number of rotatable bonds is 8. The van der Waals surface area contributed by atoms with Gasteiger partial charge in [-0.05, 0) is 58.4 Å². The first-order valence-corrected chi connectivity index (χ1v) is 12.2. The number of benzene rings is 1. The van der Waals surface area contributed by atoms with E-state index in [2.05, 4.69) is 46.6 Å². The molecule has 1 heterocycles. The Bertz CT molecular complexity index is 1050. The van der Waals surface area contributed by atoms with E-state index >= 15 is 0 Å². The Hall–Kier alpha value is -2.95. The van der Waals surface area contributed by atoms with Crippen LogP contribution in [0.15, 0.2) is 28.8 Å². The van der Waals surface area contributed by atoms with Gasteiger partial charge in [0.25, 0.3) is 5.91 Å². The van der Waals surface area contributed by atoms with Crippen LogP contribution in [0.25, 0.3) is 0 Å². The van der Waals surface area contributed by atoms with Gasteiger partial charge in [-0.2, -0.15) is 18.2 Å². The molecule has 3 rings (SSSR count).